The van der Waals surface area contributed by atoms with Gasteiger partial charge in [-0.1, -0.05) is 12.2 Å². The predicted octanol–water partition coefficient (Wildman–Crippen LogP) is 1.15. The largest absolute Gasteiger partial charge is 0.612 e. The van der Waals surface area contributed by atoms with Crippen molar-refractivity contribution >= 4 is 0 Å². The lowest BCUT2D eigenvalue weighted by Gasteiger charge is -2.42. The van der Waals surface area contributed by atoms with E-state index in [9.17, 15) is 5.21 Å². The molecule has 0 saturated carbocycles. The Morgan fingerprint density at radius 2 is 1.64 bits per heavy atom. The number of hydrogen-bond donors (Lipinski definition) is 0. The molecule has 0 aromatic heterocycles. The van der Waals surface area contributed by atoms with Crippen LogP contribution < -0.4 is 0 Å². The van der Waals surface area contributed by atoms with Crippen LogP contribution in [0.3, 0.4) is 0 Å². The Bertz CT molecular complexity index is 128. The van der Waals surface area contributed by atoms with E-state index >= 15 is 0 Å². The molecule has 0 spiro atoms. The Morgan fingerprint density at radius 1 is 1.27 bits per heavy atom. The molecule has 3 nitrogen and oxygen atoms in total. The van der Waals surface area contributed by atoms with Gasteiger partial charge in [0, 0.05) is 0 Å². The Kier molecular flexibility index (Phi) is 4.03. The van der Waals surface area contributed by atoms with Gasteiger partial charge in [-0.25, -0.2) is 0 Å². The van der Waals surface area contributed by atoms with Crippen molar-refractivity contribution in [2.24, 2.45) is 0 Å². The van der Waals surface area contributed by atoms with E-state index in [2.05, 4.69) is 13.2 Å². The van der Waals surface area contributed by atoms with Gasteiger partial charge in [0.2, 0.25) is 0 Å². The molecule has 64 valence electrons. The molecule has 3 heteroatoms. The Morgan fingerprint density at radius 3 is 1.82 bits per heavy atom. The van der Waals surface area contributed by atoms with E-state index < -0.39 is 4.76 Å². The minimum atomic E-state index is -0.433. The predicted molar refractivity (Wildman–Crippen MR) is 47.4 cm³/mol. The third-order valence-corrected chi connectivity index (χ3v) is 1.36. The second kappa shape index (κ2) is 4.28. The first kappa shape index (κ1) is 10.4. The van der Waals surface area contributed by atoms with Crippen molar-refractivity contribution in [1.29, 1.82) is 0 Å². The lowest BCUT2D eigenvalue weighted by atomic mass is 10.5. The van der Waals surface area contributed by atoms with Crippen LogP contribution in [0.5, 0.6) is 0 Å². The normalized spacial score (nSPS) is 11.6. The number of quaternary nitrogens is 1. The third-order valence-electron chi connectivity index (χ3n) is 1.36. The summed E-state index contributed by atoms with van der Waals surface area (Å²) in [7, 11) is 3.15. The van der Waals surface area contributed by atoms with Gasteiger partial charge >= 0.3 is 0 Å². The van der Waals surface area contributed by atoms with Crippen molar-refractivity contribution in [3.05, 3.63) is 30.5 Å². The molecule has 0 aromatic rings. The van der Waals surface area contributed by atoms with E-state index in [1.54, 1.807) is 31.3 Å². The van der Waals surface area contributed by atoms with Crippen molar-refractivity contribution in [2.75, 3.05) is 27.2 Å². The summed E-state index contributed by atoms with van der Waals surface area (Å²) in [5.41, 5.74) is 0. The second-order valence-corrected chi connectivity index (χ2v) is 2.74. The molecular formula is C8H16N2O. The van der Waals surface area contributed by atoms with Gasteiger partial charge in [0.15, 0.2) is 0 Å². The van der Waals surface area contributed by atoms with E-state index in [0.29, 0.717) is 13.1 Å². The summed E-state index contributed by atoms with van der Waals surface area (Å²) in [6, 6.07) is 0. The van der Waals surface area contributed by atoms with E-state index in [4.69, 9.17) is 0 Å². The highest BCUT2D eigenvalue weighted by atomic mass is 16.6. The summed E-state index contributed by atoms with van der Waals surface area (Å²) < 4.78 is -0.433. The fourth-order valence-electron chi connectivity index (χ4n) is 0.766. The van der Waals surface area contributed by atoms with Crippen LogP contribution in [-0.2, 0) is 0 Å². The van der Waals surface area contributed by atoms with Crippen LogP contribution in [0.15, 0.2) is 25.3 Å². The summed E-state index contributed by atoms with van der Waals surface area (Å²) in [5, 5.41) is 13.0. The Balaban J connectivity index is 4.08. The first-order chi connectivity index (χ1) is 5.02. The molecule has 0 atom stereocenters. The first-order valence-electron chi connectivity index (χ1n) is 3.54. The molecule has 0 aliphatic rings. The standard InChI is InChI=1S/C8H16N2O/c1-5-7-9(8-6-2)10(3,4)11/h5-6H,1-2,7-8H2,3-4H3. The molecule has 0 rings (SSSR count). The molecule has 0 fully saturated rings. The molecule has 0 bridgehead atoms. The zero-order chi connectivity index (χ0) is 8.91. The Hall–Kier alpha value is -0.640. The molecule has 0 unspecified atom stereocenters. The van der Waals surface area contributed by atoms with E-state index in [0.717, 1.165) is 0 Å². The van der Waals surface area contributed by atoms with Crippen LogP contribution in [-0.4, -0.2) is 36.9 Å². The first-order valence-corrected chi connectivity index (χ1v) is 3.54. The van der Waals surface area contributed by atoms with Crippen LogP contribution in [0, 0.1) is 5.21 Å². The van der Waals surface area contributed by atoms with Gasteiger partial charge < -0.3 is 5.21 Å². The van der Waals surface area contributed by atoms with Gasteiger partial charge in [0.05, 0.1) is 27.2 Å². The number of hydroxylamine groups is 2. The Labute approximate surface area is 68.4 Å². The van der Waals surface area contributed by atoms with Crippen LogP contribution >= 0.6 is 0 Å². The van der Waals surface area contributed by atoms with Gasteiger partial charge in [-0.3, -0.25) is 4.76 Å². The van der Waals surface area contributed by atoms with Crippen LogP contribution in [0.4, 0.5) is 0 Å². The number of hydrogen-bond acceptors (Lipinski definition) is 2. The average Bonchev–Trinajstić information content (AvgIpc) is 1.85. The van der Waals surface area contributed by atoms with Gasteiger partial charge in [-0.15, -0.1) is 18.2 Å². The van der Waals surface area contributed by atoms with Gasteiger partial charge in [0.25, 0.3) is 0 Å². The van der Waals surface area contributed by atoms with Gasteiger partial charge in [0.1, 0.15) is 0 Å². The highest BCUT2D eigenvalue weighted by Crippen LogP contribution is 2.02. The molecule has 0 N–H and O–H groups in total. The van der Waals surface area contributed by atoms with Gasteiger partial charge in [-0.05, 0) is 0 Å². The van der Waals surface area contributed by atoms with Crippen molar-refractivity contribution in [3.8, 4) is 0 Å². The quantitative estimate of drug-likeness (QED) is 0.339. The van der Waals surface area contributed by atoms with Crippen LogP contribution in [0.2, 0.25) is 0 Å². The molecule has 0 heterocycles. The van der Waals surface area contributed by atoms with Crippen LogP contribution in [0.25, 0.3) is 0 Å². The lowest BCUT2D eigenvalue weighted by molar-refractivity contribution is -0.958. The fourth-order valence-corrected chi connectivity index (χ4v) is 0.766. The summed E-state index contributed by atoms with van der Waals surface area (Å²) in [5.74, 6) is 0. The minimum absolute atomic E-state index is 0.433. The molecule has 0 amide bonds. The van der Waals surface area contributed by atoms with Crippen LogP contribution in [0.1, 0.15) is 0 Å². The zero-order valence-electron chi connectivity index (χ0n) is 7.29. The smallest absolute Gasteiger partial charge is 0.0855 e. The summed E-state index contributed by atoms with van der Waals surface area (Å²) in [6.45, 7) is 8.31. The van der Waals surface area contributed by atoms with Crippen molar-refractivity contribution in [3.63, 3.8) is 0 Å². The monoisotopic (exact) mass is 156 g/mol. The lowest BCUT2D eigenvalue weighted by Crippen LogP contribution is -2.50. The minimum Gasteiger partial charge on any atom is -0.612 e. The fraction of sp³-hybridized carbons (Fsp3) is 0.500. The van der Waals surface area contributed by atoms with Crippen molar-refractivity contribution in [2.45, 2.75) is 0 Å². The maximum absolute atomic E-state index is 11.4. The SMILES string of the molecule is C=CCN(CC=C)[N+](C)(C)[O-]. The molecule has 0 radical (unpaired) electrons. The van der Waals surface area contributed by atoms with E-state index in [-0.39, 0.29) is 0 Å². The highest BCUT2D eigenvalue weighted by molar-refractivity contribution is 4.75. The second-order valence-electron chi connectivity index (χ2n) is 2.74. The molecule has 0 aliphatic heterocycles. The van der Waals surface area contributed by atoms with Crippen molar-refractivity contribution in [1.82, 2.24) is 5.01 Å². The summed E-state index contributed by atoms with van der Waals surface area (Å²) in [6.07, 6.45) is 3.42. The van der Waals surface area contributed by atoms with E-state index in [1.165, 1.54) is 0 Å². The maximum atomic E-state index is 11.4. The zero-order valence-corrected chi connectivity index (χ0v) is 7.29. The third kappa shape index (κ3) is 3.93. The summed E-state index contributed by atoms with van der Waals surface area (Å²) >= 11 is 0. The highest BCUT2D eigenvalue weighted by Gasteiger charge is 2.12. The average molecular weight is 156 g/mol. The number of nitrogens with zero attached hydrogens (tertiary/aromatic N) is 2. The van der Waals surface area contributed by atoms with Crippen molar-refractivity contribution < 1.29 is 4.76 Å². The topological polar surface area (TPSA) is 26.3 Å². The molecule has 0 aliphatic carbocycles. The molecule has 0 aromatic carbocycles. The van der Waals surface area contributed by atoms with Gasteiger partial charge in [-0.2, -0.15) is 0 Å². The summed E-state index contributed by atoms with van der Waals surface area (Å²) in [4.78, 5) is 0. The molecule has 0 saturated heterocycles. The molecule has 11 heavy (non-hydrogen) atoms. The van der Waals surface area contributed by atoms with E-state index in [1.807, 2.05) is 0 Å². The maximum Gasteiger partial charge on any atom is 0.0855 e. The number of rotatable bonds is 5. The molecular weight excluding hydrogens is 140 g/mol.